The molecule has 0 heterocycles. The van der Waals surface area contributed by atoms with Gasteiger partial charge in [-0.1, -0.05) is 25.0 Å². The van der Waals surface area contributed by atoms with E-state index in [0.29, 0.717) is 6.54 Å². The lowest BCUT2D eigenvalue weighted by Gasteiger charge is -2.27. The van der Waals surface area contributed by atoms with Gasteiger partial charge in [-0.05, 0) is 18.4 Å². The SMILES string of the molecule is NCC1(c2cccc([N+](=O)[O-])c2)CCCC1. The zero-order chi connectivity index (χ0) is 11.6. The molecule has 0 radical (unpaired) electrons. The van der Waals surface area contributed by atoms with Crippen LogP contribution >= 0.6 is 0 Å². The highest BCUT2D eigenvalue weighted by atomic mass is 16.6. The van der Waals surface area contributed by atoms with E-state index < -0.39 is 0 Å². The predicted molar refractivity (Wildman–Crippen MR) is 62.3 cm³/mol. The van der Waals surface area contributed by atoms with Gasteiger partial charge in [0.2, 0.25) is 0 Å². The van der Waals surface area contributed by atoms with Gasteiger partial charge in [-0.15, -0.1) is 0 Å². The van der Waals surface area contributed by atoms with Crippen LogP contribution in [-0.2, 0) is 5.41 Å². The van der Waals surface area contributed by atoms with Crippen molar-refractivity contribution in [3.8, 4) is 0 Å². The molecule has 2 rings (SSSR count). The highest BCUT2D eigenvalue weighted by Crippen LogP contribution is 2.40. The van der Waals surface area contributed by atoms with Crippen LogP contribution in [0.2, 0.25) is 0 Å². The van der Waals surface area contributed by atoms with Crippen molar-refractivity contribution in [2.75, 3.05) is 6.54 Å². The molecule has 0 unspecified atom stereocenters. The molecular formula is C12H16N2O2. The summed E-state index contributed by atoms with van der Waals surface area (Å²) in [5.41, 5.74) is 7.03. The molecular weight excluding hydrogens is 204 g/mol. The lowest BCUT2D eigenvalue weighted by Crippen LogP contribution is -2.31. The van der Waals surface area contributed by atoms with Crippen molar-refractivity contribution >= 4 is 5.69 Å². The minimum atomic E-state index is -0.345. The Labute approximate surface area is 94.6 Å². The van der Waals surface area contributed by atoms with Crippen LogP contribution in [0.5, 0.6) is 0 Å². The lowest BCUT2D eigenvalue weighted by atomic mass is 9.79. The van der Waals surface area contributed by atoms with Crippen LogP contribution in [-0.4, -0.2) is 11.5 Å². The Balaban J connectivity index is 2.38. The van der Waals surface area contributed by atoms with E-state index in [0.717, 1.165) is 18.4 Å². The van der Waals surface area contributed by atoms with Gasteiger partial charge in [-0.3, -0.25) is 10.1 Å². The largest absolute Gasteiger partial charge is 0.330 e. The van der Waals surface area contributed by atoms with E-state index in [1.165, 1.54) is 18.9 Å². The lowest BCUT2D eigenvalue weighted by molar-refractivity contribution is -0.385. The number of nitrogens with two attached hydrogens (primary N) is 1. The molecule has 2 N–H and O–H groups in total. The quantitative estimate of drug-likeness (QED) is 0.628. The topological polar surface area (TPSA) is 69.2 Å². The first-order valence-electron chi connectivity index (χ1n) is 5.63. The standard InChI is InChI=1S/C12H16N2O2/c13-9-12(6-1-2-7-12)10-4-3-5-11(8-10)14(15)16/h3-5,8H,1-2,6-7,9,13H2. The van der Waals surface area contributed by atoms with Crippen molar-refractivity contribution < 1.29 is 4.92 Å². The van der Waals surface area contributed by atoms with Crippen molar-refractivity contribution in [2.24, 2.45) is 5.73 Å². The van der Waals surface area contributed by atoms with Crippen LogP contribution in [0.3, 0.4) is 0 Å². The molecule has 86 valence electrons. The minimum Gasteiger partial charge on any atom is -0.330 e. The van der Waals surface area contributed by atoms with E-state index >= 15 is 0 Å². The fraction of sp³-hybridized carbons (Fsp3) is 0.500. The number of hydrogen-bond acceptors (Lipinski definition) is 3. The van der Waals surface area contributed by atoms with Crippen LogP contribution in [0.4, 0.5) is 5.69 Å². The summed E-state index contributed by atoms with van der Waals surface area (Å²) >= 11 is 0. The molecule has 1 aromatic rings. The Kier molecular flexibility index (Phi) is 2.92. The first-order chi connectivity index (χ1) is 7.68. The average molecular weight is 220 g/mol. The zero-order valence-corrected chi connectivity index (χ0v) is 9.19. The van der Waals surface area contributed by atoms with Crippen molar-refractivity contribution in [3.63, 3.8) is 0 Å². The molecule has 0 aliphatic heterocycles. The van der Waals surface area contributed by atoms with Gasteiger partial charge in [-0.25, -0.2) is 0 Å². The van der Waals surface area contributed by atoms with Gasteiger partial charge < -0.3 is 5.73 Å². The van der Waals surface area contributed by atoms with E-state index in [9.17, 15) is 10.1 Å². The van der Waals surface area contributed by atoms with Gasteiger partial charge in [0.25, 0.3) is 5.69 Å². The van der Waals surface area contributed by atoms with Crippen molar-refractivity contribution in [3.05, 3.63) is 39.9 Å². The highest BCUT2D eigenvalue weighted by molar-refractivity contribution is 5.39. The van der Waals surface area contributed by atoms with E-state index in [-0.39, 0.29) is 16.0 Å². The van der Waals surface area contributed by atoms with Gasteiger partial charge in [0.15, 0.2) is 0 Å². The Morgan fingerprint density at radius 3 is 2.62 bits per heavy atom. The maximum absolute atomic E-state index is 10.7. The van der Waals surface area contributed by atoms with Crippen molar-refractivity contribution in [1.29, 1.82) is 0 Å². The molecule has 0 bridgehead atoms. The summed E-state index contributed by atoms with van der Waals surface area (Å²) in [6.07, 6.45) is 4.43. The Hall–Kier alpha value is -1.42. The number of nitrogens with zero attached hydrogens (tertiary/aromatic N) is 1. The molecule has 16 heavy (non-hydrogen) atoms. The fourth-order valence-electron chi connectivity index (χ4n) is 2.61. The second kappa shape index (κ2) is 4.22. The third-order valence-electron chi connectivity index (χ3n) is 3.62. The summed E-state index contributed by atoms with van der Waals surface area (Å²) in [6, 6.07) is 6.93. The number of nitro groups is 1. The number of rotatable bonds is 3. The molecule has 0 amide bonds. The monoisotopic (exact) mass is 220 g/mol. The van der Waals surface area contributed by atoms with Crippen LogP contribution in [0.15, 0.2) is 24.3 Å². The van der Waals surface area contributed by atoms with E-state index in [1.54, 1.807) is 12.1 Å². The first kappa shape index (κ1) is 11.1. The highest BCUT2D eigenvalue weighted by Gasteiger charge is 2.34. The van der Waals surface area contributed by atoms with Crippen LogP contribution in [0.1, 0.15) is 31.2 Å². The summed E-state index contributed by atoms with van der Waals surface area (Å²) in [7, 11) is 0. The second-order valence-corrected chi connectivity index (χ2v) is 4.50. The molecule has 0 aromatic heterocycles. The molecule has 1 aliphatic carbocycles. The van der Waals surface area contributed by atoms with Crippen LogP contribution < -0.4 is 5.73 Å². The second-order valence-electron chi connectivity index (χ2n) is 4.50. The number of non-ortho nitro benzene ring substituents is 1. The Morgan fingerprint density at radius 2 is 2.06 bits per heavy atom. The molecule has 1 saturated carbocycles. The normalized spacial score (nSPS) is 18.6. The molecule has 1 aliphatic rings. The van der Waals surface area contributed by atoms with Gasteiger partial charge in [-0.2, -0.15) is 0 Å². The van der Waals surface area contributed by atoms with Gasteiger partial charge >= 0.3 is 0 Å². The van der Waals surface area contributed by atoms with E-state index in [4.69, 9.17) is 5.73 Å². The predicted octanol–water partition coefficient (Wildman–Crippen LogP) is 2.37. The summed E-state index contributed by atoms with van der Waals surface area (Å²) in [5, 5.41) is 10.7. The summed E-state index contributed by atoms with van der Waals surface area (Å²) in [4.78, 5) is 10.4. The van der Waals surface area contributed by atoms with Gasteiger partial charge in [0, 0.05) is 24.1 Å². The average Bonchev–Trinajstić information content (AvgIpc) is 2.79. The van der Waals surface area contributed by atoms with Gasteiger partial charge in [0.1, 0.15) is 0 Å². The molecule has 0 spiro atoms. The van der Waals surface area contributed by atoms with Crippen molar-refractivity contribution in [2.45, 2.75) is 31.1 Å². The molecule has 1 fully saturated rings. The van der Waals surface area contributed by atoms with Gasteiger partial charge in [0.05, 0.1) is 4.92 Å². The fourth-order valence-corrected chi connectivity index (χ4v) is 2.61. The molecule has 0 atom stereocenters. The van der Waals surface area contributed by atoms with Crippen molar-refractivity contribution in [1.82, 2.24) is 0 Å². The molecule has 4 nitrogen and oxygen atoms in total. The Bertz CT molecular complexity index is 398. The maximum atomic E-state index is 10.7. The smallest absolute Gasteiger partial charge is 0.269 e. The summed E-state index contributed by atoms with van der Waals surface area (Å²) < 4.78 is 0. The Morgan fingerprint density at radius 1 is 1.38 bits per heavy atom. The minimum absolute atomic E-state index is 0.0218. The molecule has 1 aromatic carbocycles. The number of hydrogen-bond donors (Lipinski definition) is 1. The maximum Gasteiger partial charge on any atom is 0.269 e. The number of benzene rings is 1. The third kappa shape index (κ3) is 1.80. The van der Waals surface area contributed by atoms with Crippen LogP contribution in [0.25, 0.3) is 0 Å². The molecule has 0 saturated heterocycles. The summed E-state index contributed by atoms with van der Waals surface area (Å²) in [5.74, 6) is 0. The zero-order valence-electron chi connectivity index (χ0n) is 9.19. The molecule has 4 heteroatoms. The van der Waals surface area contributed by atoms with Crippen LogP contribution in [0, 0.1) is 10.1 Å². The number of nitro benzene ring substituents is 1. The summed E-state index contributed by atoms with van der Waals surface area (Å²) in [6.45, 7) is 0.578. The first-order valence-corrected chi connectivity index (χ1v) is 5.63. The third-order valence-corrected chi connectivity index (χ3v) is 3.62. The van der Waals surface area contributed by atoms with E-state index in [1.807, 2.05) is 6.07 Å². The van der Waals surface area contributed by atoms with E-state index in [2.05, 4.69) is 0 Å².